The number of halogens is 1. The lowest BCUT2D eigenvalue weighted by atomic mass is 10.1. The van der Waals surface area contributed by atoms with E-state index in [1.165, 1.54) is 23.9 Å². The van der Waals surface area contributed by atoms with Crippen molar-refractivity contribution < 1.29 is 8.42 Å². The van der Waals surface area contributed by atoms with Crippen molar-refractivity contribution in [3.05, 3.63) is 65.9 Å². The summed E-state index contributed by atoms with van der Waals surface area (Å²) >= 11 is 7.40. The van der Waals surface area contributed by atoms with E-state index in [0.29, 0.717) is 5.02 Å². The summed E-state index contributed by atoms with van der Waals surface area (Å²) in [4.78, 5) is 13.0. The molecule has 0 aliphatic heterocycles. The summed E-state index contributed by atoms with van der Waals surface area (Å²) in [5.74, 6) is 0. The van der Waals surface area contributed by atoms with E-state index in [0.717, 1.165) is 32.2 Å². The van der Waals surface area contributed by atoms with Gasteiger partial charge in [0.1, 0.15) is 10.7 Å². The zero-order chi connectivity index (χ0) is 19.0. The van der Waals surface area contributed by atoms with Crippen molar-refractivity contribution in [2.24, 2.45) is 5.14 Å². The fraction of sp³-hybridized carbons (Fsp3) is 0. The van der Waals surface area contributed by atoms with E-state index in [1.807, 2.05) is 18.2 Å². The molecule has 0 amide bonds. The van der Waals surface area contributed by atoms with Crippen LogP contribution in [-0.2, 0) is 10.0 Å². The van der Waals surface area contributed by atoms with Crippen LogP contribution in [0.25, 0.3) is 22.3 Å². The Bertz CT molecular complexity index is 1220. The Balaban J connectivity index is 1.83. The number of hydrogen-bond donors (Lipinski definition) is 2. The molecule has 9 heteroatoms. The highest BCUT2D eigenvalue weighted by Gasteiger charge is 2.16. The van der Waals surface area contributed by atoms with E-state index in [-0.39, 0.29) is 4.90 Å². The van der Waals surface area contributed by atoms with Crippen molar-refractivity contribution in [1.82, 2.24) is 15.0 Å². The molecule has 0 fully saturated rings. The lowest BCUT2D eigenvalue weighted by Gasteiger charge is -2.06. The molecule has 3 aromatic heterocycles. The maximum atomic E-state index is 11.5. The standard InChI is InChI=1S/C18H13ClN4O2S2/c19-12-5-8-15(22-10-12)26-17-14-2-1-9-21-18(14)23-16(17)11-3-6-13(7-4-11)27(20,24)25/h1-10H,(H,21,23)(H2,20,24,25). The van der Waals surface area contributed by atoms with Gasteiger partial charge in [-0.3, -0.25) is 0 Å². The highest BCUT2D eigenvalue weighted by Crippen LogP contribution is 2.40. The lowest BCUT2D eigenvalue weighted by molar-refractivity contribution is 0.598. The Morgan fingerprint density at radius 1 is 1.04 bits per heavy atom. The van der Waals surface area contributed by atoms with Gasteiger partial charge < -0.3 is 4.98 Å². The molecule has 0 saturated heterocycles. The summed E-state index contributed by atoms with van der Waals surface area (Å²) < 4.78 is 23.0. The van der Waals surface area contributed by atoms with Gasteiger partial charge in [0, 0.05) is 22.7 Å². The molecule has 27 heavy (non-hydrogen) atoms. The maximum Gasteiger partial charge on any atom is 0.238 e. The number of rotatable bonds is 4. The third kappa shape index (κ3) is 3.70. The van der Waals surface area contributed by atoms with Crippen molar-refractivity contribution in [1.29, 1.82) is 0 Å². The van der Waals surface area contributed by atoms with Gasteiger partial charge in [-0.1, -0.05) is 35.5 Å². The van der Waals surface area contributed by atoms with Crippen LogP contribution in [0.1, 0.15) is 0 Å². The smallest absolute Gasteiger partial charge is 0.238 e. The summed E-state index contributed by atoms with van der Waals surface area (Å²) in [6, 6.07) is 13.9. The van der Waals surface area contributed by atoms with Crippen LogP contribution in [-0.4, -0.2) is 23.4 Å². The number of aromatic nitrogens is 3. The van der Waals surface area contributed by atoms with E-state index in [4.69, 9.17) is 16.7 Å². The Kier molecular flexibility index (Phi) is 4.65. The van der Waals surface area contributed by atoms with Crippen LogP contribution in [0.3, 0.4) is 0 Å². The average molecular weight is 417 g/mol. The largest absolute Gasteiger partial charge is 0.338 e. The maximum absolute atomic E-state index is 11.5. The summed E-state index contributed by atoms with van der Waals surface area (Å²) in [7, 11) is -3.74. The van der Waals surface area contributed by atoms with Gasteiger partial charge in [0.2, 0.25) is 10.0 Å². The predicted molar refractivity (Wildman–Crippen MR) is 106 cm³/mol. The van der Waals surface area contributed by atoms with Gasteiger partial charge in [0.25, 0.3) is 0 Å². The first kappa shape index (κ1) is 18.0. The molecule has 3 N–H and O–H groups in total. The summed E-state index contributed by atoms with van der Waals surface area (Å²) in [6.07, 6.45) is 3.30. The average Bonchev–Trinajstić information content (AvgIpc) is 3.02. The van der Waals surface area contributed by atoms with Gasteiger partial charge in [0.05, 0.1) is 15.6 Å². The van der Waals surface area contributed by atoms with Crippen LogP contribution in [0.4, 0.5) is 0 Å². The zero-order valence-corrected chi connectivity index (χ0v) is 16.1. The van der Waals surface area contributed by atoms with Crippen molar-refractivity contribution in [2.45, 2.75) is 14.8 Å². The molecular formula is C18H13ClN4O2S2. The van der Waals surface area contributed by atoms with Crippen LogP contribution >= 0.6 is 23.4 Å². The number of fused-ring (bicyclic) bond motifs is 1. The summed E-state index contributed by atoms with van der Waals surface area (Å²) in [6.45, 7) is 0. The molecule has 0 unspecified atom stereocenters. The highest BCUT2D eigenvalue weighted by molar-refractivity contribution is 7.99. The van der Waals surface area contributed by atoms with Crippen molar-refractivity contribution >= 4 is 44.4 Å². The first-order valence-corrected chi connectivity index (χ1v) is 10.6. The van der Waals surface area contributed by atoms with E-state index in [9.17, 15) is 8.42 Å². The molecule has 1 aromatic carbocycles. The minimum Gasteiger partial charge on any atom is -0.338 e. The third-order valence-corrected chi connectivity index (χ3v) is 6.13. The van der Waals surface area contributed by atoms with E-state index < -0.39 is 10.0 Å². The second kappa shape index (κ2) is 6.97. The summed E-state index contributed by atoms with van der Waals surface area (Å²) in [5, 5.41) is 7.48. The molecule has 0 radical (unpaired) electrons. The monoisotopic (exact) mass is 416 g/mol. The fourth-order valence-corrected chi connectivity index (χ4v) is 4.27. The van der Waals surface area contributed by atoms with Gasteiger partial charge in [-0.05, 0) is 42.0 Å². The topological polar surface area (TPSA) is 102 Å². The van der Waals surface area contributed by atoms with Gasteiger partial charge in [0.15, 0.2) is 0 Å². The van der Waals surface area contributed by atoms with Gasteiger partial charge in [-0.15, -0.1) is 0 Å². The van der Waals surface area contributed by atoms with Crippen LogP contribution in [0.15, 0.2) is 75.7 Å². The first-order chi connectivity index (χ1) is 12.9. The number of nitrogens with zero attached hydrogens (tertiary/aromatic N) is 2. The molecular weight excluding hydrogens is 404 g/mol. The van der Waals surface area contributed by atoms with Crippen molar-refractivity contribution in [3.63, 3.8) is 0 Å². The van der Waals surface area contributed by atoms with Crippen LogP contribution < -0.4 is 5.14 Å². The van der Waals surface area contributed by atoms with E-state index in [2.05, 4.69) is 15.0 Å². The summed E-state index contributed by atoms with van der Waals surface area (Å²) in [5.41, 5.74) is 2.38. The van der Waals surface area contributed by atoms with Crippen LogP contribution in [0, 0.1) is 0 Å². The van der Waals surface area contributed by atoms with Crippen molar-refractivity contribution in [3.8, 4) is 11.3 Å². The van der Waals surface area contributed by atoms with Crippen LogP contribution in [0.5, 0.6) is 0 Å². The Labute approximate surface area is 164 Å². The second-order valence-electron chi connectivity index (χ2n) is 5.71. The SMILES string of the molecule is NS(=O)(=O)c1ccc(-c2[nH]c3ncccc3c2Sc2ccc(Cl)cn2)cc1. The minimum absolute atomic E-state index is 0.0639. The Morgan fingerprint density at radius 2 is 1.81 bits per heavy atom. The Hall–Kier alpha value is -2.39. The minimum atomic E-state index is -3.74. The highest BCUT2D eigenvalue weighted by atomic mass is 35.5. The number of primary sulfonamides is 1. The normalized spacial score (nSPS) is 11.8. The number of pyridine rings is 2. The lowest BCUT2D eigenvalue weighted by Crippen LogP contribution is -2.11. The molecule has 0 bridgehead atoms. The molecule has 4 rings (SSSR count). The Morgan fingerprint density at radius 3 is 2.48 bits per heavy atom. The van der Waals surface area contributed by atoms with Crippen molar-refractivity contribution in [2.75, 3.05) is 0 Å². The molecule has 0 saturated carbocycles. The number of nitrogens with two attached hydrogens (primary N) is 1. The third-order valence-electron chi connectivity index (χ3n) is 3.90. The number of aromatic amines is 1. The molecule has 0 aliphatic rings. The molecule has 0 aliphatic carbocycles. The zero-order valence-electron chi connectivity index (χ0n) is 13.8. The number of benzene rings is 1. The quantitative estimate of drug-likeness (QED) is 0.522. The number of nitrogens with one attached hydrogen (secondary N) is 1. The number of sulfonamides is 1. The van der Waals surface area contributed by atoms with Gasteiger partial charge >= 0.3 is 0 Å². The molecule has 0 spiro atoms. The first-order valence-electron chi connectivity index (χ1n) is 7.81. The molecule has 0 atom stereocenters. The van der Waals surface area contributed by atoms with E-state index in [1.54, 1.807) is 30.6 Å². The number of hydrogen-bond acceptors (Lipinski definition) is 5. The van der Waals surface area contributed by atoms with Gasteiger partial charge in [-0.2, -0.15) is 0 Å². The molecule has 6 nitrogen and oxygen atoms in total. The van der Waals surface area contributed by atoms with Gasteiger partial charge in [-0.25, -0.2) is 23.5 Å². The second-order valence-corrected chi connectivity index (χ2v) is 8.74. The van der Waals surface area contributed by atoms with E-state index >= 15 is 0 Å². The number of H-pyrrole nitrogens is 1. The fourth-order valence-electron chi connectivity index (χ4n) is 2.65. The molecule has 4 aromatic rings. The van der Waals surface area contributed by atoms with Crippen LogP contribution in [0.2, 0.25) is 5.02 Å². The predicted octanol–water partition coefficient (Wildman–Crippen LogP) is 4.08. The molecule has 136 valence electrons. The molecule has 3 heterocycles.